The Balaban J connectivity index is 2.26. The third-order valence-corrected chi connectivity index (χ3v) is 4.03. The van der Waals surface area contributed by atoms with Gasteiger partial charge in [0.2, 0.25) is 5.91 Å². The molecule has 1 N–H and O–H groups in total. The zero-order chi connectivity index (χ0) is 14.2. The molecule has 1 aromatic carbocycles. The summed E-state index contributed by atoms with van der Waals surface area (Å²) in [6.07, 6.45) is 1.48. The lowest BCUT2D eigenvalue weighted by atomic mass is 9.94. The van der Waals surface area contributed by atoms with E-state index in [1.807, 2.05) is 12.1 Å². The van der Waals surface area contributed by atoms with Gasteiger partial charge in [0.15, 0.2) is 0 Å². The van der Waals surface area contributed by atoms with E-state index in [0.717, 1.165) is 18.4 Å². The van der Waals surface area contributed by atoms with Crippen LogP contribution in [-0.2, 0) is 15.0 Å². The van der Waals surface area contributed by atoms with Crippen molar-refractivity contribution in [3.8, 4) is 0 Å². The number of carbonyl (C=O) groups is 2. The van der Waals surface area contributed by atoms with Crippen molar-refractivity contribution in [3.05, 3.63) is 34.9 Å². The summed E-state index contributed by atoms with van der Waals surface area (Å²) in [5.74, 6) is -1.15. The van der Waals surface area contributed by atoms with Crippen LogP contribution in [0.25, 0.3) is 0 Å². The Kier molecular flexibility index (Phi) is 3.54. The van der Waals surface area contributed by atoms with E-state index in [2.05, 4.69) is 0 Å². The molecule has 0 bridgehead atoms. The second kappa shape index (κ2) is 4.85. The zero-order valence-electron chi connectivity index (χ0n) is 10.9. The molecule has 0 heterocycles. The topological polar surface area (TPSA) is 57.6 Å². The van der Waals surface area contributed by atoms with Crippen LogP contribution in [0.3, 0.4) is 0 Å². The van der Waals surface area contributed by atoms with Crippen LogP contribution >= 0.6 is 11.6 Å². The summed E-state index contributed by atoms with van der Waals surface area (Å²) < 4.78 is 0. The molecule has 0 radical (unpaired) electrons. The van der Waals surface area contributed by atoms with Crippen molar-refractivity contribution in [2.45, 2.75) is 31.2 Å². The van der Waals surface area contributed by atoms with E-state index < -0.39 is 17.4 Å². The number of hydrogen-bond acceptors (Lipinski definition) is 2. The fourth-order valence-corrected chi connectivity index (χ4v) is 2.41. The Bertz CT molecular complexity index is 525. The SMILES string of the molecule is CC(C(=O)O)N(C)C(=O)C1(c2cccc(Cl)c2)CC1. The highest BCUT2D eigenvalue weighted by Gasteiger charge is 2.53. The summed E-state index contributed by atoms with van der Waals surface area (Å²) in [4.78, 5) is 24.8. The largest absolute Gasteiger partial charge is 0.480 e. The van der Waals surface area contributed by atoms with Crippen molar-refractivity contribution in [1.82, 2.24) is 4.90 Å². The second-order valence-electron chi connectivity index (χ2n) is 5.02. The first-order valence-electron chi connectivity index (χ1n) is 6.14. The Morgan fingerprint density at radius 3 is 2.53 bits per heavy atom. The summed E-state index contributed by atoms with van der Waals surface area (Å²) in [6, 6.07) is 6.40. The number of carboxylic acid groups (broad SMARTS) is 1. The maximum absolute atomic E-state index is 12.5. The van der Waals surface area contributed by atoms with Gasteiger partial charge in [-0.3, -0.25) is 4.79 Å². The maximum atomic E-state index is 12.5. The highest BCUT2D eigenvalue weighted by atomic mass is 35.5. The van der Waals surface area contributed by atoms with Gasteiger partial charge in [-0.15, -0.1) is 0 Å². The molecule has 1 aliphatic carbocycles. The number of hydrogen-bond donors (Lipinski definition) is 1. The summed E-state index contributed by atoms with van der Waals surface area (Å²) in [5.41, 5.74) is 0.290. The molecule has 1 fully saturated rings. The molecule has 4 nitrogen and oxygen atoms in total. The van der Waals surface area contributed by atoms with E-state index >= 15 is 0 Å². The minimum Gasteiger partial charge on any atom is -0.480 e. The lowest BCUT2D eigenvalue weighted by molar-refractivity contribution is -0.149. The zero-order valence-corrected chi connectivity index (χ0v) is 11.6. The monoisotopic (exact) mass is 281 g/mol. The van der Waals surface area contributed by atoms with Gasteiger partial charge in [0.1, 0.15) is 6.04 Å². The summed E-state index contributed by atoms with van der Waals surface area (Å²) in [5, 5.41) is 9.58. The van der Waals surface area contributed by atoms with E-state index in [4.69, 9.17) is 16.7 Å². The van der Waals surface area contributed by atoms with Crippen LogP contribution in [0, 0.1) is 0 Å². The Morgan fingerprint density at radius 1 is 1.42 bits per heavy atom. The molecule has 1 atom stereocenters. The fraction of sp³-hybridized carbons (Fsp3) is 0.429. The number of likely N-dealkylation sites (N-methyl/N-ethyl adjacent to an activating group) is 1. The van der Waals surface area contributed by atoms with Crippen LogP contribution in [0.2, 0.25) is 5.02 Å². The number of amides is 1. The highest BCUT2D eigenvalue weighted by molar-refractivity contribution is 6.30. The van der Waals surface area contributed by atoms with Crippen molar-refractivity contribution in [2.75, 3.05) is 7.05 Å². The van der Waals surface area contributed by atoms with Gasteiger partial charge in [-0.25, -0.2) is 4.79 Å². The van der Waals surface area contributed by atoms with Gasteiger partial charge < -0.3 is 10.0 Å². The summed E-state index contributed by atoms with van der Waals surface area (Å²) in [7, 11) is 1.53. The van der Waals surface area contributed by atoms with Crippen LogP contribution in [0.4, 0.5) is 0 Å². The Labute approximate surface area is 117 Å². The number of carbonyl (C=O) groups excluding carboxylic acids is 1. The molecule has 1 unspecified atom stereocenters. The summed E-state index contributed by atoms with van der Waals surface area (Å²) >= 11 is 5.96. The smallest absolute Gasteiger partial charge is 0.326 e. The van der Waals surface area contributed by atoms with Crippen molar-refractivity contribution in [2.24, 2.45) is 0 Å². The Morgan fingerprint density at radius 2 is 2.05 bits per heavy atom. The molecule has 0 saturated heterocycles. The first-order chi connectivity index (χ1) is 8.88. The van der Waals surface area contributed by atoms with E-state index in [-0.39, 0.29) is 5.91 Å². The molecular formula is C14H16ClNO3. The van der Waals surface area contributed by atoms with Gasteiger partial charge in [0, 0.05) is 12.1 Å². The lowest BCUT2D eigenvalue weighted by Crippen LogP contribution is -2.45. The van der Waals surface area contributed by atoms with E-state index in [9.17, 15) is 9.59 Å². The van der Waals surface area contributed by atoms with Crippen LogP contribution in [0.15, 0.2) is 24.3 Å². The highest BCUT2D eigenvalue weighted by Crippen LogP contribution is 2.50. The number of aliphatic carboxylic acids is 1. The Hall–Kier alpha value is -1.55. The van der Waals surface area contributed by atoms with Gasteiger partial charge in [-0.05, 0) is 37.5 Å². The minimum atomic E-state index is -1.00. The number of nitrogens with zero attached hydrogens (tertiary/aromatic N) is 1. The van der Waals surface area contributed by atoms with Crippen molar-refractivity contribution in [1.29, 1.82) is 0 Å². The molecule has 1 aromatic rings. The lowest BCUT2D eigenvalue weighted by Gasteiger charge is -2.27. The number of rotatable bonds is 4. The molecule has 0 aromatic heterocycles. The van der Waals surface area contributed by atoms with Gasteiger partial charge >= 0.3 is 5.97 Å². The van der Waals surface area contributed by atoms with Gasteiger partial charge in [0.05, 0.1) is 5.41 Å². The third kappa shape index (κ3) is 2.45. The first kappa shape index (κ1) is 13.9. The standard InChI is InChI=1S/C14H16ClNO3/c1-9(12(17)18)16(2)13(19)14(6-7-14)10-4-3-5-11(15)8-10/h3-5,8-9H,6-7H2,1-2H3,(H,17,18). The summed E-state index contributed by atoms with van der Waals surface area (Å²) in [6.45, 7) is 1.51. The van der Waals surface area contributed by atoms with E-state index in [1.165, 1.54) is 18.9 Å². The molecule has 5 heteroatoms. The minimum absolute atomic E-state index is 0.148. The maximum Gasteiger partial charge on any atom is 0.326 e. The van der Waals surface area contributed by atoms with Crippen LogP contribution < -0.4 is 0 Å². The van der Waals surface area contributed by atoms with E-state index in [0.29, 0.717) is 5.02 Å². The normalized spacial score (nSPS) is 17.6. The van der Waals surface area contributed by atoms with E-state index in [1.54, 1.807) is 12.1 Å². The van der Waals surface area contributed by atoms with Crippen LogP contribution in [0.5, 0.6) is 0 Å². The average molecular weight is 282 g/mol. The number of benzene rings is 1. The van der Waals surface area contributed by atoms with Crippen LogP contribution in [-0.4, -0.2) is 35.0 Å². The molecule has 102 valence electrons. The van der Waals surface area contributed by atoms with Crippen molar-refractivity contribution >= 4 is 23.5 Å². The van der Waals surface area contributed by atoms with Gasteiger partial charge in [0.25, 0.3) is 0 Å². The molecular weight excluding hydrogens is 266 g/mol. The number of halogens is 1. The van der Waals surface area contributed by atoms with Gasteiger partial charge in [-0.1, -0.05) is 23.7 Å². The third-order valence-electron chi connectivity index (χ3n) is 3.80. The predicted molar refractivity (Wildman–Crippen MR) is 72.2 cm³/mol. The molecule has 2 rings (SSSR count). The van der Waals surface area contributed by atoms with Crippen molar-refractivity contribution < 1.29 is 14.7 Å². The fourth-order valence-electron chi connectivity index (χ4n) is 2.22. The van der Waals surface area contributed by atoms with Crippen LogP contribution in [0.1, 0.15) is 25.3 Å². The predicted octanol–water partition coefficient (Wildman–Crippen LogP) is 2.30. The average Bonchev–Trinajstić information content (AvgIpc) is 3.17. The molecule has 1 saturated carbocycles. The quantitative estimate of drug-likeness (QED) is 0.921. The molecule has 1 aliphatic rings. The molecule has 1 amide bonds. The number of carboxylic acids is 1. The molecule has 0 aliphatic heterocycles. The molecule has 19 heavy (non-hydrogen) atoms. The molecule has 0 spiro atoms. The first-order valence-corrected chi connectivity index (χ1v) is 6.52. The van der Waals surface area contributed by atoms with Crippen molar-refractivity contribution in [3.63, 3.8) is 0 Å². The second-order valence-corrected chi connectivity index (χ2v) is 5.46. The van der Waals surface area contributed by atoms with Gasteiger partial charge in [-0.2, -0.15) is 0 Å².